The van der Waals surface area contributed by atoms with E-state index >= 15 is 0 Å². The van der Waals surface area contributed by atoms with Gasteiger partial charge in [0.15, 0.2) is 0 Å². The van der Waals surface area contributed by atoms with Crippen molar-refractivity contribution in [2.75, 3.05) is 17.2 Å². The summed E-state index contributed by atoms with van der Waals surface area (Å²) in [5.74, 6) is 0.561. The van der Waals surface area contributed by atoms with Gasteiger partial charge >= 0.3 is 0 Å². The zero-order chi connectivity index (χ0) is 26.3. The summed E-state index contributed by atoms with van der Waals surface area (Å²) in [5, 5.41) is 38.2. The van der Waals surface area contributed by atoms with Gasteiger partial charge in [0.05, 0.1) is 39.8 Å². The van der Waals surface area contributed by atoms with E-state index < -0.39 is 24.2 Å². The van der Waals surface area contributed by atoms with Gasteiger partial charge in [0.25, 0.3) is 0 Å². The maximum absolute atomic E-state index is 10.7. The summed E-state index contributed by atoms with van der Waals surface area (Å²) in [7, 11) is 0. The predicted octanol–water partition coefficient (Wildman–Crippen LogP) is 3.76. The highest BCUT2D eigenvalue weighted by Gasteiger charge is 2.41. The lowest BCUT2D eigenvalue weighted by Crippen LogP contribution is -2.35. The number of aliphatic hydroxyl groups is 3. The highest BCUT2D eigenvalue weighted by Crippen LogP contribution is 2.38. The molecular formula is C27H32N6O3S. The Balaban J connectivity index is 1.56. The molecule has 5 N–H and O–H groups in total. The van der Waals surface area contributed by atoms with E-state index in [4.69, 9.17) is 15.0 Å². The summed E-state index contributed by atoms with van der Waals surface area (Å²) in [6.45, 7) is 7.79. The number of aromatic nitrogens is 4. The van der Waals surface area contributed by atoms with Gasteiger partial charge in [0, 0.05) is 18.7 Å². The fourth-order valence-corrected chi connectivity index (χ4v) is 6.17. The first-order valence-electron chi connectivity index (χ1n) is 12.4. The van der Waals surface area contributed by atoms with Crippen LogP contribution in [0.15, 0.2) is 36.5 Å². The van der Waals surface area contributed by atoms with Crippen molar-refractivity contribution in [3.8, 4) is 10.6 Å². The molecule has 4 aromatic rings. The van der Waals surface area contributed by atoms with Crippen molar-refractivity contribution in [3.05, 3.63) is 59.0 Å². The molecule has 1 aliphatic carbocycles. The molecule has 0 bridgehead atoms. The summed E-state index contributed by atoms with van der Waals surface area (Å²) >= 11 is 1.53. The molecule has 0 saturated heterocycles. The van der Waals surface area contributed by atoms with Crippen LogP contribution >= 0.6 is 11.3 Å². The van der Waals surface area contributed by atoms with E-state index in [2.05, 4.69) is 41.6 Å². The van der Waals surface area contributed by atoms with Crippen LogP contribution in [0.1, 0.15) is 41.9 Å². The fraction of sp³-hybridized carbons (Fsp3) is 0.407. The van der Waals surface area contributed by atoms with Crippen molar-refractivity contribution in [3.63, 3.8) is 0 Å². The van der Waals surface area contributed by atoms with Crippen LogP contribution in [0.4, 0.5) is 11.8 Å². The number of fused-ring (bicyclic) bond motifs is 1. The summed E-state index contributed by atoms with van der Waals surface area (Å²) in [6.07, 6.45) is 0.133. The molecule has 3 heterocycles. The number of aliphatic hydroxyl groups excluding tert-OH is 3. The smallest absolute Gasteiger partial charge is 0.225 e. The van der Waals surface area contributed by atoms with Gasteiger partial charge in [-0.25, -0.2) is 9.97 Å². The number of benzene rings is 1. The van der Waals surface area contributed by atoms with Gasteiger partial charge in [0.2, 0.25) is 5.95 Å². The van der Waals surface area contributed by atoms with Crippen molar-refractivity contribution >= 4 is 33.3 Å². The molecule has 0 amide bonds. The minimum atomic E-state index is -1.04. The molecule has 3 aromatic heterocycles. The normalized spacial score (nSPS) is 22.4. The largest absolute Gasteiger partial charge is 0.396 e. The van der Waals surface area contributed by atoms with Crippen LogP contribution in [0.5, 0.6) is 0 Å². The van der Waals surface area contributed by atoms with Crippen molar-refractivity contribution < 1.29 is 15.3 Å². The Bertz CT molecular complexity index is 1430. The average Bonchev–Trinajstić information content (AvgIpc) is 3.41. The quantitative estimate of drug-likeness (QED) is 0.247. The molecule has 1 fully saturated rings. The first kappa shape index (κ1) is 25.5. The highest BCUT2D eigenvalue weighted by atomic mass is 32.1. The highest BCUT2D eigenvalue weighted by molar-refractivity contribution is 7.21. The average molecular weight is 521 g/mol. The van der Waals surface area contributed by atoms with Gasteiger partial charge in [-0.3, -0.25) is 4.98 Å². The molecule has 5 rings (SSSR count). The van der Waals surface area contributed by atoms with E-state index in [-0.39, 0.29) is 12.6 Å². The molecule has 10 heteroatoms. The third-order valence-corrected chi connectivity index (χ3v) is 8.19. The van der Waals surface area contributed by atoms with Gasteiger partial charge in [-0.1, -0.05) is 24.3 Å². The van der Waals surface area contributed by atoms with Crippen molar-refractivity contribution in [2.24, 2.45) is 5.92 Å². The molecule has 1 aliphatic rings. The van der Waals surface area contributed by atoms with Crippen LogP contribution < -0.4 is 10.6 Å². The van der Waals surface area contributed by atoms with Crippen molar-refractivity contribution in [2.45, 2.75) is 58.4 Å². The summed E-state index contributed by atoms with van der Waals surface area (Å²) in [6, 6.07) is 9.60. The molecule has 0 aliphatic heterocycles. The third kappa shape index (κ3) is 4.89. The number of pyridine rings is 1. The number of hydrogen-bond acceptors (Lipinski definition) is 10. The number of anilines is 2. The van der Waals surface area contributed by atoms with Crippen molar-refractivity contribution in [1.82, 2.24) is 19.9 Å². The SMILES string of the molecule is Cc1ccccc1[C@@H](C)Nc1nc(C)c(-c2nc3c(C)nccc3s2)c(N[C@@H]2C[C@H](CO)[C@@H](O)[C@H]2O)n1. The van der Waals surface area contributed by atoms with E-state index in [1.807, 2.05) is 32.0 Å². The second kappa shape index (κ2) is 10.3. The summed E-state index contributed by atoms with van der Waals surface area (Å²) < 4.78 is 1.01. The second-order valence-electron chi connectivity index (χ2n) is 9.75. The monoisotopic (exact) mass is 520 g/mol. The number of nitrogens with one attached hydrogen (secondary N) is 2. The molecule has 0 unspecified atom stereocenters. The Kier molecular flexibility index (Phi) is 7.09. The molecule has 5 atom stereocenters. The molecule has 37 heavy (non-hydrogen) atoms. The van der Waals surface area contributed by atoms with E-state index in [0.717, 1.165) is 37.7 Å². The maximum Gasteiger partial charge on any atom is 0.225 e. The Hall–Kier alpha value is -3.18. The fourth-order valence-electron chi connectivity index (χ4n) is 5.06. The van der Waals surface area contributed by atoms with Crippen LogP contribution in [-0.2, 0) is 0 Å². The van der Waals surface area contributed by atoms with Gasteiger partial charge in [-0.2, -0.15) is 4.98 Å². The van der Waals surface area contributed by atoms with Gasteiger partial charge in [0.1, 0.15) is 22.4 Å². The van der Waals surface area contributed by atoms with E-state index in [1.165, 1.54) is 16.9 Å². The van der Waals surface area contributed by atoms with Gasteiger partial charge in [-0.15, -0.1) is 11.3 Å². The minimum Gasteiger partial charge on any atom is -0.396 e. The first-order valence-corrected chi connectivity index (χ1v) is 13.2. The Morgan fingerprint density at radius 1 is 1.03 bits per heavy atom. The number of hydrogen-bond donors (Lipinski definition) is 5. The molecule has 9 nitrogen and oxygen atoms in total. The van der Waals surface area contributed by atoms with Gasteiger partial charge < -0.3 is 26.0 Å². The lowest BCUT2D eigenvalue weighted by Gasteiger charge is -2.22. The standard InChI is InChI=1S/C27H32N6O3S/c1-13-7-5-6-8-18(13)14(2)29-27-30-15(3)21(26-32-22-16(4)28-10-9-20(22)37-26)25(33-27)31-19-11-17(12-34)23(35)24(19)36/h5-10,14,17,19,23-24,34-36H,11-12H2,1-4H3,(H2,29,30,31,33)/t14-,17-,19-,23-,24+/m1/s1. The van der Waals surface area contributed by atoms with Crippen LogP contribution in [0.3, 0.4) is 0 Å². The summed E-state index contributed by atoms with van der Waals surface area (Å²) in [5.41, 5.74) is 5.47. The second-order valence-corrected chi connectivity index (χ2v) is 10.8. The lowest BCUT2D eigenvalue weighted by atomic mass is 10.0. The predicted molar refractivity (Wildman–Crippen MR) is 146 cm³/mol. The Morgan fingerprint density at radius 2 is 1.81 bits per heavy atom. The lowest BCUT2D eigenvalue weighted by molar-refractivity contribution is 0.00446. The van der Waals surface area contributed by atoms with Crippen LogP contribution in [0.25, 0.3) is 20.8 Å². The van der Waals surface area contributed by atoms with Crippen molar-refractivity contribution in [1.29, 1.82) is 0 Å². The number of aryl methyl sites for hydroxylation is 3. The Morgan fingerprint density at radius 3 is 2.51 bits per heavy atom. The van der Waals surface area contributed by atoms with Gasteiger partial charge in [-0.05, 0) is 51.3 Å². The zero-order valence-electron chi connectivity index (χ0n) is 21.3. The van der Waals surface area contributed by atoms with Crippen LogP contribution in [0.2, 0.25) is 0 Å². The zero-order valence-corrected chi connectivity index (χ0v) is 22.1. The third-order valence-electron chi connectivity index (χ3n) is 7.15. The molecule has 194 valence electrons. The molecule has 0 radical (unpaired) electrons. The number of rotatable bonds is 7. The van der Waals surface area contributed by atoms with Crippen LogP contribution in [0, 0.1) is 26.7 Å². The van der Waals surface area contributed by atoms with E-state index in [1.54, 1.807) is 6.20 Å². The van der Waals surface area contributed by atoms with Crippen LogP contribution in [-0.4, -0.2) is 60.1 Å². The van der Waals surface area contributed by atoms with E-state index in [9.17, 15) is 15.3 Å². The first-order chi connectivity index (χ1) is 17.8. The van der Waals surface area contributed by atoms with E-state index in [0.29, 0.717) is 18.2 Å². The molecule has 0 spiro atoms. The summed E-state index contributed by atoms with van der Waals surface area (Å²) in [4.78, 5) is 18.8. The molecule has 1 saturated carbocycles. The number of thiazole rings is 1. The molecule has 1 aromatic carbocycles. The minimum absolute atomic E-state index is 0.0341. The Labute approximate surface area is 219 Å². The maximum atomic E-state index is 10.7. The number of nitrogens with zero attached hydrogens (tertiary/aromatic N) is 4. The topological polar surface area (TPSA) is 136 Å². The molecular weight excluding hydrogens is 488 g/mol.